The normalized spacial score (nSPS) is 12.2. The molecule has 0 heterocycles. The van der Waals surface area contributed by atoms with E-state index in [1.54, 1.807) is 49.4 Å². The number of sulfonamides is 1. The molecular formula is C26H35Cl2N3O5S. The lowest BCUT2D eigenvalue weighted by molar-refractivity contribution is -0.140. The smallest absolute Gasteiger partial charge is 0.242 e. The summed E-state index contributed by atoms with van der Waals surface area (Å²) in [5.74, 6) is 0.0358. The third kappa shape index (κ3) is 8.79. The van der Waals surface area contributed by atoms with E-state index < -0.39 is 16.1 Å². The number of para-hydroxylation sites is 2. The van der Waals surface area contributed by atoms with Crippen LogP contribution < -0.4 is 14.4 Å². The number of carbonyl (C=O) groups is 2. The van der Waals surface area contributed by atoms with Crippen LogP contribution in [0.15, 0.2) is 42.5 Å². The van der Waals surface area contributed by atoms with Crippen molar-refractivity contribution in [3.8, 4) is 5.75 Å². The number of rotatable bonds is 13. The molecule has 0 saturated carbocycles. The van der Waals surface area contributed by atoms with Gasteiger partial charge >= 0.3 is 0 Å². The first-order valence-electron chi connectivity index (χ1n) is 12.0. The maximum Gasteiger partial charge on any atom is 0.242 e. The molecule has 0 aliphatic rings. The Balaban J connectivity index is 2.24. The number of carbonyl (C=O) groups excluding carboxylic acids is 2. The molecule has 0 saturated heterocycles. The van der Waals surface area contributed by atoms with Crippen molar-refractivity contribution >= 4 is 50.7 Å². The van der Waals surface area contributed by atoms with Crippen LogP contribution in [-0.2, 0) is 26.2 Å². The summed E-state index contributed by atoms with van der Waals surface area (Å²) >= 11 is 12.7. The molecule has 11 heteroatoms. The molecule has 0 unspecified atom stereocenters. The summed E-state index contributed by atoms with van der Waals surface area (Å²) in [6.45, 7) is 6.17. The largest absolute Gasteiger partial charge is 0.495 e. The predicted molar refractivity (Wildman–Crippen MR) is 149 cm³/mol. The molecule has 2 amide bonds. The van der Waals surface area contributed by atoms with Crippen LogP contribution in [0, 0.1) is 5.92 Å². The molecule has 2 aromatic rings. The molecule has 0 radical (unpaired) electrons. The predicted octanol–water partition coefficient (Wildman–Crippen LogP) is 4.74. The number of hydrogen-bond acceptors (Lipinski definition) is 5. The second kappa shape index (κ2) is 13.9. The number of benzene rings is 2. The number of nitrogens with zero attached hydrogens (tertiary/aromatic N) is 2. The molecule has 2 aromatic carbocycles. The molecule has 1 atom stereocenters. The van der Waals surface area contributed by atoms with E-state index in [-0.39, 0.29) is 43.7 Å². The maximum atomic E-state index is 13.4. The minimum atomic E-state index is -3.64. The van der Waals surface area contributed by atoms with Gasteiger partial charge in [0.2, 0.25) is 21.8 Å². The van der Waals surface area contributed by atoms with Gasteiger partial charge in [-0.1, -0.05) is 55.2 Å². The van der Waals surface area contributed by atoms with Crippen LogP contribution in [0.25, 0.3) is 0 Å². The molecule has 2 rings (SSSR count). The van der Waals surface area contributed by atoms with Crippen LogP contribution in [0.1, 0.15) is 39.2 Å². The number of halogens is 2. The van der Waals surface area contributed by atoms with E-state index >= 15 is 0 Å². The summed E-state index contributed by atoms with van der Waals surface area (Å²) in [5, 5.41) is 3.64. The summed E-state index contributed by atoms with van der Waals surface area (Å²) in [4.78, 5) is 27.7. The van der Waals surface area contributed by atoms with Gasteiger partial charge < -0.3 is 15.0 Å². The van der Waals surface area contributed by atoms with E-state index in [1.807, 2.05) is 13.8 Å². The van der Waals surface area contributed by atoms with Gasteiger partial charge in [0.05, 0.1) is 19.1 Å². The van der Waals surface area contributed by atoms with Gasteiger partial charge in [-0.3, -0.25) is 13.9 Å². The monoisotopic (exact) mass is 571 g/mol. The summed E-state index contributed by atoms with van der Waals surface area (Å²) in [5.41, 5.74) is 0.926. The van der Waals surface area contributed by atoms with Crippen molar-refractivity contribution in [3.63, 3.8) is 0 Å². The third-order valence-electron chi connectivity index (χ3n) is 5.75. The fraction of sp³-hybridized carbons (Fsp3) is 0.462. The average molecular weight is 573 g/mol. The van der Waals surface area contributed by atoms with Crippen LogP contribution >= 0.6 is 23.2 Å². The minimum absolute atomic E-state index is 0.00500. The lowest BCUT2D eigenvalue weighted by Crippen LogP contribution is -2.48. The van der Waals surface area contributed by atoms with E-state index in [1.165, 1.54) is 16.3 Å². The number of amides is 2. The maximum absolute atomic E-state index is 13.4. The Bertz CT molecular complexity index is 1170. The van der Waals surface area contributed by atoms with Crippen LogP contribution in [0.4, 0.5) is 5.69 Å². The van der Waals surface area contributed by atoms with Gasteiger partial charge in [0, 0.05) is 41.7 Å². The van der Waals surface area contributed by atoms with Crippen molar-refractivity contribution in [1.29, 1.82) is 0 Å². The molecular weight excluding hydrogens is 537 g/mol. The molecule has 0 spiro atoms. The van der Waals surface area contributed by atoms with E-state index in [4.69, 9.17) is 27.9 Å². The van der Waals surface area contributed by atoms with Crippen LogP contribution in [-0.4, -0.2) is 57.6 Å². The number of methoxy groups -OCH3 is 1. The first kappa shape index (κ1) is 30.7. The summed E-state index contributed by atoms with van der Waals surface area (Å²) < 4.78 is 31.6. The lowest BCUT2D eigenvalue weighted by Gasteiger charge is -2.30. The zero-order valence-electron chi connectivity index (χ0n) is 21.8. The number of ether oxygens (including phenoxy) is 1. The molecule has 1 N–H and O–H groups in total. The number of nitrogens with one attached hydrogen (secondary N) is 1. The SMILES string of the molecule is COc1ccccc1N(CCCC(=O)N(Cc1c(Cl)cccc1Cl)[C@@H](C)C(=O)NCC(C)C)S(C)(=O)=O. The lowest BCUT2D eigenvalue weighted by atomic mass is 10.1. The molecule has 0 fully saturated rings. The van der Waals surface area contributed by atoms with Gasteiger partial charge in [0.1, 0.15) is 11.8 Å². The van der Waals surface area contributed by atoms with E-state index in [0.717, 1.165) is 6.26 Å². The van der Waals surface area contributed by atoms with Crippen molar-refractivity contribution < 1.29 is 22.7 Å². The Kier molecular flexibility index (Phi) is 11.5. The zero-order valence-corrected chi connectivity index (χ0v) is 24.2. The number of hydrogen-bond donors (Lipinski definition) is 1. The Labute approximate surface area is 229 Å². The van der Waals surface area contributed by atoms with Crippen molar-refractivity contribution in [2.75, 3.05) is 30.8 Å². The van der Waals surface area contributed by atoms with Crippen LogP contribution in [0.5, 0.6) is 5.75 Å². The van der Waals surface area contributed by atoms with E-state index in [0.29, 0.717) is 33.6 Å². The highest BCUT2D eigenvalue weighted by Gasteiger charge is 2.28. The molecule has 0 aliphatic carbocycles. The standard InChI is InChI=1S/C26H35Cl2N3O5S/c1-18(2)16-29-26(33)19(3)30(17-20-21(27)10-8-11-22(20)28)25(32)14-9-15-31(37(5,34)35)23-12-6-7-13-24(23)36-4/h6-8,10-13,18-19H,9,14-17H2,1-5H3,(H,29,33)/t19-/m0/s1. The zero-order chi connectivity index (χ0) is 27.8. The third-order valence-corrected chi connectivity index (χ3v) is 7.64. The van der Waals surface area contributed by atoms with Gasteiger partial charge in [-0.15, -0.1) is 0 Å². The Morgan fingerprint density at radius 2 is 1.65 bits per heavy atom. The first-order valence-corrected chi connectivity index (χ1v) is 14.6. The topological polar surface area (TPSA) is 96.0 Å². The van der Waals surface area contributed by atoms with Gasteiger partial charge in [0.25, 0.3) is 0 Å². The second-order valence-corrected chi connectivity index (χ2v) is 11.9. The highest BCUT2D eigenvalue weighted by Crippen LogP contribution is 2.30. The summed E-state index contributed by atoms with van der Waals surface area (Å²) in [6.07, 6.45) is 1.33. The summed E-state index contributed by atoms with van der Waals surface area (Å²) in [6, 6.07) is 11.0. The highest BCUT2D eigenvalue weighted by molar-refractivity contribution is 7.92. The highest BCUT2D eigenvalue weighted by atomic mass is 35.5. The fourth-order valence-electron chi connectivity index (χ4n) is 3.71. The van der Waals surface area contributed by atoms with Gasteiger partial charge in [0.15, 0.2) is 0 Å². The first-order chi connectivity index (χ1) is 17.4. The Morgan fingerprint density at radius 1 is 1.03 bits per heavy atom. The van der Waals surface area contributed by atoms with Crippen LogP contribution in [0.2, 0.25) is 10.0 Å². The van der Waals surface area contributed by atoms with Gasteiger partial charge in [-0.05, 0) is 43.5 Å². The molecule has 37 heavy (non-hydrogen) atoms. The molecule has 0 aromatic heterocycles. The van der Waals surface area contributed by atoms with Crippen molar-refractivity contribution in [3.05, 3.63) is 58.1 Å². The second-order valence-electron chi connectivity index (χ2n) is 9.15. The Hall–Kier alpha value is -2.49. The molecule has 8 nitrogen and oxygen atoms in total. The Morgan fingerprint density at radius 3 is 2.22 bits per heavy atom. The van der Waals surface area contributed by atoms with Gasteiger partial charge in [-0.2, -0.15) is 0 Å². The van der Waals surface area contributed by atoms with E-state index in [2.05, 4.69) is 5.32 Å². The number of anilines is 1. The molecule has 0 aliphatic heterocycles. The van der Waals surface area contributed by atoms with Gasteiger partial charge in [-0.25, -0.2) is 8.42 Å². The quantitative estimate of drug-likeness (QED) is 0.374. The minimum Gasteiger partial charge on any atom is -0.495 e. The average Bonchev–Trinajstić information content (AvgIpc) is 2.83. The summed E-state index contributed by atoms with van der Waals surface area (Å²) in [7, 11) is -2.18. The molecule has 0 bridgehead atoms. The van der Waals surface area contributed by atoms with Crippen molar-refractivity contribution in [1.82, 2.24) is 10.2 Å². The van der Waals surface area contributed by atoms with Crippen molar-refractivity contribution in [2.24, 2.45) is 5.92 Å². The van der Waals surface area contributed by atoms with Crippen molar-refractivity contribution in [2.45, 2.75) is 46.2 Å². The fourth-order valence-corrected chi connectivity index (χ4v) is 5.19. The van der Waals surface area contributed by atoms with E-state index in [9.17, 15) is 18.0 Å². The van der Waals surface area contributed by atoms with Crippen LogP contribution in [0.3, 0.4) is 0 Å². The molecule has 204 valence electrons.